The van der Waals surface area contributed by atoms with Gasteiger partial charge < -0.3 is 10.2 Å². The number of halogens is 1. The molecule has 2 aromatic carbocycles. The zero-order valence-electron chi connectivity index (χ0n) is 14.5. The van der Waals surface area contributed by atoms with Crippen LogP contribution in [0.5, 0.6) is 0 Å². The zero-order chi connectivity index (χ0) is 18.4. The van der Waals surface area contributed by atoms with Crippen LogP contribution in [0.4, 0.5) is 0 Å². The molecular weight excluding hydrogens is 356 g/mol. The van der Waals surface area contributed by atoms with Crippen molar-refractivity contribution < 1.29 is 9.59 Å². The summed E-state index contributed by atoms with van der Waals surface area (Å²) in [4.78, 5) is 26.6. The van der Waals surface area contributed by atoms with E-state index in [1.54, 1.807) is 26.2 Å². The maximum atomic E-state index is 12.2. The summed E-state index contributed by atoms with van der Waals surface area (Å²) in [6, 6.07) is 14.7. The second-order valence-electron chi connectivity index (χ2n) is 5.83. The molecule has 0 bridgehead atoms. The predicted octanol–water partition coefficient (Wildman–Crippen LogP) is 3.84. The maximum Gasteiger partial charge on any atom is 0.253 e. The van der Waals surface area contributed by atoms with Gasteiger partial charge in [-0.15, -0.1) is 11.8 Å². The summed E-state index contributed by atoms with van der Waals surface area (Å²) in [5.74, 6) is -0.0723. The second kappa shape index (κ2) is 8.92. The lowest BCUT2D eigenvalue weighted by Gasteiger charge is -2.13. The molecule has 0 aliphatic carbocycles. The monoisotopic (exact) mass is 376 g/mol. The number of amides is 2. The maximum absolute atomic E-state index is 12.2. The summed E-state index contributed by atoms with van der Waals surface area (Å²) in [5, 5.41) is 3.39. The zero-order valence-corrected chi connectivity index (χ0v) is 16.0. The summed E-state index contributed by atoms with van der Waals surface area (Å²) < 4.78 is 0. The number of carbonyl (C=O) groups is 2. The molecule has 6 heteroatoms. The third-order valence-corrected chi connectivity index (χ3v) is 4.93. The molecule has 2 rings (SSSR count). The van der Waals surface area contributed by atoms with E-state index in [0.29, 0.717) is 17.1 Å². The van der Waals surface area contributed by atoms with Crippen LogP contribution in [0.15, 0.2) is 53.4 Å². The van der Waals surface area contributed by atoms with Crippen LogP contribution in [0.25, 0.3) is 0 Å². The van der Waals surface area contributed by atoms with Crippen LogP contribution in [0.2, 0.25) is 5.02 Å². The Kier molecular flexibility index (Phi) is 6.91. The van der Waals surface area contributed by atoms with Crippen molar-refractivity contribution in [3.63, 3.8) is 0 Å². The molecule has 0 heterocycles. The third-order valence-electron chi connectivity index (χ3n) is 3.57. The first-order chi connectivity index (χ1) is 11.9. The van der Waals surface area contributed by atoms with E-state index in [-0.39, 0.29) is 17.1 Å². The van der Waals surface area contributed by atoms with Crippen molar-refractivity contribution in [1.29, 1.82) is 0 Å². The van der Waals surface area contributed by atoms with Crippen molar-refractivity contribution >= 4 is 35.2 Å². The number of nitrogens with zero attached hydrogens (tertiary/aromatic N) is 1. The van der Waals surface area contributed by atoms with Gasteiger partial charge >= 0.3 is 0 Å². The molecule has 25 heavy (non-hydrogen) atoms. The van der Waals surface area contributed by atoms with E-state index in [1.165, 1.54) is 16.7 Å². The molecule has 0 aliphatic heterocycles. The van der Waals surface area contributed by atoms with Crippen molar-refractivity contribution in [3.05, 3.63) is 64.7 Å². The predicted molar refractivity (Wildman–Crippen MR) is 103 cm³/mol. The van der Waals surface area contributed by atoms with E-state index in [0.717, 1.165) is 10.5 Å². The van der Waals surface area contributed by atoms with Gasteiger partial charge in [0.1, 0.15) is 0 Å². The highest BCUT2D eigenvalue weighted by atomic mass is 35.5. The van der Waals surface area contributed by atoms with Gasteiger partial charge in [-0.25, -0.2) is 0 Å². The average Bonchev–Trinajstić information content (AvgIpc) is 2.61. The Labute approximate surface area is 157 Å². The number of nitrogens with one attached hydrogen (secondary N) is 1. The Bertz CT molecular complexity index is 730. The molecule has 1 unspecified atom stereocenters. The van der Waals surface area contributed by atoms with Gasteiger partial charge in [0.05, 0.1) is 5.25 Å². The van der Waals surface area contributed by atoms with Crippen LogP contribution in [-0.4, -0.2) is 36.1 Å². The summed E-state index contributed by atoms with van der Waals surface area (Å²) in [6.07, 6.45) is 0. The number of rotatable bonds is 6. The Morgan fingerprint density at radius 3 is 2.24 bits per heavy atom. The second-order valence-corrected chi connectivity index (χ2v) is 7.68. The highest BCUT2D eigenvalue weighted by molar-refractivity contribution is 8.00. The normalized spacial score (nSPS) is 11.7. The number of hydrogen-bond donors (Lipinski definition) is 1. The Hall–Kier alpha value is -1.98. The van der Waals surface area contributed by atoms with Gasteiger partial charge in [0.25, 0.3) is 5.91 Å². The largest absolute Gasteiger partial charge is 0.351 e. The Morgan fingerprint density at radius 1 is 1.08 bits per heavy atom. The van der Waals surface area contributed by atoms with Gasteiger partial charge in [-0.05, 0) is 48.9 Å². The van der Waals surface area contributed by atoms with Gasteiger partial charge in [-0.1, -0.05) is 23.7 Å². The van der Waals surface area contributed by atoms with Crippen LogP contribution in [0.3, 0.4) is 0 Å². The van der Waals surface area contributed by atoms with Crippen molar-refractivity contribution in [2.75, 3.05) is 14.1 Å². The smallest absolute Gasteiger partial charge is 0.253 e. The van der Waals surface area contributed by atoms with E-state index < -0.39 is 0 Å². The number of carbonyl (C=O) groups excluding carboxylic acids is 2. The molecule has 0 saturated heterocycles. The van der Waals surface area contributed by atoms with E-state index in [1.807, 2.05) is 43.3 Å². The first-order valence-corrected chi connectivity index (χ1v) is 9.13. The molecule has 0 saturated carbocycles. The molecule has 2 amide bonds. The van der Waals surface area contributed by atoms with Crippen LogP contribution < -0.4 is 5.32 Å². The summed E-state index contributed by atoms with van der Waals surface area (Å²) in [6.45, 7) is 2.30. The molecule has 132 valence electrons. The van der Waals surface area contributed by atoms with E-state index >= 15 is 0 Å². The highest BCUT2D eigenvalue weighted by Gasteiger charge is 2.14. The molecule has 0 aromatic heterocycles. The lowest BCUT2D eigenvalue weighted by atomic mass is 10.1. The van der Waals surface area contributed by atoms with Gasteiger partial charge in [0.2, 0.25) is 5.91 Å². The van der Waals surface area contributed by atoms with Crippen LogP contribution in [0.1, 0.15) is 22.8 Å². The van der Waals surface area contributed by atoms with Crippen molar-refractivity contribution in [3.8, 4) is 0 Å². The van der Waals surface area contributed by atoms with Crippen molar-refractivity contribution in [1.82, 2.24) is 10.2 Å². The van der Waals surface area contributed by atoms with Crippen molar-refractivity contribution in [2.45, 2.75) is 23.6 Å². The number of thioether (sulfide) groups is 1. The Morgan fingerprint density at radius 2 is 1.68 bits per heavy atom. The minimum Gasteiger partial charge on any atom is -0.351 e. The topological polar surface area (TPSA) is 49.4 Å². The lowest BCUT2D eigenvalue weighted by Crippen LogP contribution is -2.30. The molecule has 1 N–H and O–H groups in total. The molecule has 0 aliphatic rings. The highest BCUT2D eigenvalue weighted by Crippen LogP contribution is 2.24. The lowest BCUT2D eigenvalue weighted by molar-refractivity contribution is -0.120. The third kappa shape index (κ3) is 5.80. The van der Waals surface area contributed by atoms with Gasteiger partial charge in [-0.3, -0.25) is 9.59 Å². The molecular formula is C19H21ClN2O2S. The molecule has 4 nitrogen and oxygen atoms in total. The summed E-state index contributed by atoms with van der Waals surface area (Å²) in [7, 11) is 3.44. The molecule has 1 atom stereocenters. The summed E-state index contributed by atoms with van der Waals surface area (Å²) >= 11 is 7.35. The van der Waals surface area contributed by atoms with Gasteiger partial charge in [-0.2, -0.15) is 0 Å². The van der Waals surface area contributed by atoms with Gasteiger partial charge in [0.15, 0.2) is 0 Å². The standard InChI is InChI=1S/C19H21ClN2O2S/c1-13(25-17-10-8-16(20)9-11-17)18(23)21-12-14-4-6-15(7-5-14)19(24)22(2)3/h4-11,13H,12H2,1-3H3,(H,21,23). The van der Waals surface area contributed by atoms with E-state index in [9.17, 15) is 9.59 Å². The fourth-order valence-electron chi connectivity index (χ4n) is 2.13. The minimum absolute atomic E-state index is 0.0339. The van der Waals surface area contributed by atoms with Gasteiger partial charge in [0, 0.05) is 36.1 Å². The number of benzene rings is 2. The number of hydrogen-bond acceptors (Lipinski definition) is 3. The van der Waals surface area contributed by atoms with Crippen LogP contribution in [-0.2, 0) is 11.3 Å². The van der Waals surface area contributed by atoms with E-state index in [4.69, 9.17) is 11.6 Å². The first kappa shape index (κ1) is 19.3. The first-order valence-electron chi connectivity index (χ1n) is 7.87. The fraction of sp³-hybridized carbons (Fsp3) is 0.263. The molecule has 0 radical (unpaired) electrons. The SMILES string of the molecule is CC(Sc1ccc(Cl)cc1)C(=O)NCc1ccc(C(=O)N(C)C)cc1. The molecule has 0 spiro atoms. The minimum atomic E-state index is -0.212. The Balaban J connectivity index is 1.86. The van der Waals surface area contributed by atoms with Crippen LogP contribution in [0, 0.1) is 0 Å². The molecule has 2 aromatic rings. The van der Waals surface area contributed by atoms with Crippen molar-refractivity contribution in [2.24, 2.45) is 0 Å². The fourth-order valence-corrected chi connectivity index (χ4v) is 3.14. The van der Waals surface area contributed by atoms with E-state index in [2.05, 4.69) is 5.32 Å². The average molecular weight is 377 g/mol. The summed E-state index contributed by atoms with van der Waals surface area (Å²) in [5.41, 5.74) is 1.58. The van der Waals surface area contributed by atoms with Crippen LogP contribution >= 0.6 is 23.4 Å². The molecule has 0 fully saturated rings. The quantitative estimate of drug-likeness (QED) is 0.779.